The molecule has 138 valence electrons. The van der Waals surface area contributed by atoms with E-state index in [0.29, 0.717) is 43.1 Å². The number of rotatable bonds is 3. The molecule has 0 bridgehead atoms. The molecular formula is C19H23FN4O2. The van der Waals surface area contributed by atoms with Gasteiger partial charge in [0.1, 0.15) is 6.17 Å². The van der Waals surface area contributed by atoms with Gasteiger partial charge in [-0.2, -0.15) is 0 Å². The predicted octanol–water partition coefficient (Wildman–Crippen LogP) is 2.75. The van der Waals surface area contributed by atoms with Crippen molar-refractivity contribution in [3.63, 3.8) is 0 Å². The Morgan fingerprint density at radius 1 is 1.19 bits per heavy atom. The summed E-state index contributed by atoms with van der Waals surface area (Å²) in [6.45, 7) is 2.72. The predicted molar refractivity (Wildman–Crippen MR) is 94.0 cm³/mol. The molecule has 1 amide bonds. The monoisotopic (exact) mass is 358 g/mol. The van der Waals surface area contributed by atoms with E-state index in [9.17, 15) is 9.18 Å². The molecule has 3 aliphatic rings. The molecule has 1 aliphatic carbocycles. The maximum Gasteiger partial charge on any atom is 0.259 e. The lowest BCUT2D eigenvalue weighted by Crippen LogP contribution is -2.39. The molecule has 0 aromatic carbocycles. The van der Waals surface area contributed by atoms with E-state index in [0.717, 1.165) is 49.1 Å². The Bertz CT molecular complexity index is 833. The van der Waals surface area contributed by atoms with Crippen LogP contribution in [0.3, 0.4) is 0 Å². The molecule has 0 radical (unpaired) electrons. The van der Waals surface area contributed by atoms with Gasteiger partial charge in [0.05, 0.1) is 16.6 Å². The Kier molecular flexibility index (Phi) is 3.92. The highest BCUT2D eigenvalue weighted by Crippen LogP contribution is 2.41. The van der Waals surface area contributed by atoms with E-state index in [4.69, 9.17) is 4.52 Å². The minimum absolute atomic E-state index is 0.0402. The SMILES string of the molecule is O=C(c1cc(C2CC2)nc2onc(C3CCNC3)c12)N1CCC(F)CC1. The van der Waals surface area contributed by atoms with Gasteiger partial charge in [-0.1, -0.05) is 5.16 Å². The highest BCUT2D eigenvalue weighted by molar-refractivity contribution is 6.06. The van der Waals surface area contributed by atoms with Crippen LogP contribution in [0.1, 0.15) is 65.7 Å². The molecule has 1 unspecified atom stereocenters. The maximum absolute atomic E-state index is 13.5. The minimum Gasteiger partial charge on any atom is -0.338 e. The molecule has 26 heavy (non-hydrogen) atoms. The number of amides is 1. The van der Waals surface area contributed by atoms with Gasteiger partial charge in [-0.3, -0.25) is 4.79 Å². The summed E-state index contributed by atoms with van der Waals surface area (Å²) in [5, 5.41) is 8.39. The third-order valence-corrected chi connectivity index (χ3v) is 5.88. The van der Waals surface area contributed by atoms with Gasteiger partial charge in [-0.05, 0) is 44.7 Å². The Hall–Kier alpha value is -2.02. The first kappa shape index (κ1) is 16.2. The van der Waals surface area contributed by atoms with Crippen molar-refractivity contribution in [2.75, 3.05) is 26.2 Å². The average Bonchev–Trinajstić information content (AvgIpc) is 3.20. The zero-order chi connectivity index (χ0) is 17.7. The summed E-state index contributed by atoms with van der Waals surface area (Å²) in [5.41, 5.74) is 2.87. The second kappa shape index (κ2) is 6.30. The standard InChI is InChI=1S/C19H23FN4O2/c20-13-4-7-24(8-5-13)19(25)14-9-15(11-1-2-11)22-18-16(14)17(23-26-18)12-3-6-21-10-12/h9,11-13,21H,1-8,10H2. The fourth-order valence-electron chi connectivity index (χ4n) is 4.14. The Balaban J connectivity index is 1.58. The lowest BCUT2D eigenvalue weighted by atomic mass is 9.97. The molecule has 3 fully saturated rings. The van der Waals surface area contributed by atoms with Crippen molar-refractivity contribution in [2.24, 2.45) is 0 Å². The number of hydrogen-bond acceptors (Lipinski definition) is 5. The smallest absolute Gasteiger partial charge is 0.259 e. The van der Waals surface area contributed by atoms with Crippen LogP contribution in [0.4, 0.5) is 4.39 Å². The quantitative estimate of drug-likeness (QED) is 0.913. The van der Waals surface area contributed by atoms with E-state index in [1.807, 2.05) is 6.07 Å². The lowest BCUT2D eigenvalue weighted by molar-refractivity contribution is 0.0668. The molecule has 7 heteroatoms. The maximum atomic E-state index is 13.5. The van der Waals surface area contributed by atoms with E-state index >= 15 is 0 Å². The third-order valence-electron chi connectivity index (χ3n) is 5.88. The Morgan fingerprint density at radius 3 is 2.69 bits per heavy atom. The molecule has 2 aliphatic heterocycles. The Morgan fingerprint density at radius 2 is 2.00 bits per heavy atom. The second-order valence-corrected chi connectivity index (χ2v) is 7.77. The van der Waals surface area contributed by atoms with Crippen molar-refractivity contribution in [2.45, 2.75) is 50.1 Å². The molecule has 2 saturated heterocycles. The van der Waals surface area contributed by atoms with Gasteiger partial charge >= 0.3 is 0 Å². The van der Waals surface area contributed by atoms with Gasteiger partial charge in [0.25, 0.3) is 11.6 Å². The molecule has 2 aromatic rings. The van der Waals surface area contributed by atoms with E-state index in [1.54, 1.807) is 4.90 Å². The summed E-state index contributed by atoms with van der Waals surface area (Å²) in [4.78, 5) is 19.7. The number of pyridine rings is 1. The summed E-state index contributed by atoms with van der Waals surface area (Å²) in [6, 6.07) is 1.94. The lowest BCUT2D eigenvalue weighted by Gasteiger charge is -2.29. The van der Waals surface area contributed by atoms with Gasteiger partial charge in [-0.25, -0.2) is 9.37 Å². The molecule has 1 N–H and O–H groups in total. The van der Waals surface area contributed by atoms with Crippen molar-refractivity contribution in [1.82, 2.24) is 20.4 Å². The zero-order valence-corrected chi connectivity index (χ0v) is 14.7. The van der Waals surface area contributed by atoms with Crippen molar-refractivity contribution in [3.05, 3.63) is 23.0 Å². The van der Waals surface area contributed by atoms with Crippen molar-refractivity contribution < 1.29 is 13.7 Å². The summed E-state index contributed by atoms with van der Waals surface area (Å²) < 4.78 is 19.0. The van der Waals surface area contributed by atoms with Crippen LogP contribution in [-0.4, -0.2) is 53.3 Å². The van der Waals surface area contributed by atoms with Crippen LogP contribution < -0.4 is 5.32 Å². The summed E-state index contributed by atoms with van der Waals surface area (Å²) in [7, 11) is 0. The first-order valence-electron chi connectivity index (χ1n) is 9.65. The fraction of sp³-hybridized carbons (Fsp3) is 0.632. The van der Waals surface area contributed by atoms with Gasteiger partial charge in [0.2, 0.25) is 0 Å². The summed E-state index contributed by atoms with van der Waals surface area (Å²) >= 11 is 0. The average molecular weight is 358 g/mol. The topological polar surface area (TPSA) is 71.3 Å². The first-order chi connectivity index (χ1) is 12.7. The molecule has 1 atom stereocenters. The van der Waals surface area contributed by atoms with Crippen LogP contribution in [0.15, 0.2) is 10.6 Å². The van der Waals surface area contributed by atoms with Gasteiger partial charge in [-0.15, -0.1) is 0 Å². The number of aromatic nitrogens is 2. The van der Waals surface area contributed by atoms with Crippen LogP contribution in [-0.2, 0) is 0 Å². The number of likely N-dealkylation sites (tertiary alicyclic amines) is 1. The highest BCUT2D eigenvalue weighted by atomic mass is 19.1. The molecule has 5 rings (SSSR count). The van der Waals surface area contributed by atoms with Crippen molar-refractivity contribution in [1.29, 1.82) is 0 Å². The fourth-order valence-corrected chi connectivity index (χ4v) is 4.14. The van der Waals surface area contributed by atoms with Crippen LogP contribution in [0.25, 0.3) is 11.1 Å². The normalized spacial score (nSPS) is 24.5. The summed E-state index contributed by atoms with van der Waals surface area (Å²) in [5.74, 6) is 0.624. The highest BCUT2D eigenvalue weighted by Gasteiger charge is 2.33. The number of nitrogens with zero attached hydrogens (tertiary/aromatic N) is 3. The minimum atomic E-state index is -0.797. The van der Waals surface area contributed by atoms with Crippen molar-refractivity contribution in [3.8, 4) is 0 Å². The van der Waals surface area contributed by atoms with E-state index in [-0.39, 0.29) is 11.8 Å². The van der Waals surface area contributed by atoms with E-state index in [2.05, 4.69) is 15.5 Å². The number of halogens is 1. The number of carbonyl (C=O) groups is 1. The molecule has 1 saturated carbocycles. The van der Waals surface area contributed by atoms with Crippen LogP contribution >= 0.6 is 0 Å². The number of fused-ring (bicyclic) bond motifs is 1. The van der Waals surface area contributed by atoms with E-state index < -0.39 is 6.17 Å². The van der Waals surface area contributed by atoms with Crippen LogP contribution in [0.5, 0.6) is 0 Å². The third kappa shape index (κ3) is 2.78. The first-order valence-corrected chi connectivity index (χ1v) is 9.65. The molecule has 4 heterocycles. The molecule has 2 aromatic heterocycles. The van der Waals surface area contributed by atoms with Crippen molar-refractivity contribution >= 4 is 17.0 Å². The number of carbonyl (C=O) groups excluding carboxylic acids is 1. The molecule has 6 nitrogen and oxygen atoms in total. The largest absolute Gasteiger partial charge is 0.338 e. The second-order valence-electron chi connectivity index (χ2n) is 7.77. The number of hydrogen-bond donors (Lipinski definition) is 1. The summed E-state index contributed by atoms with van der Waals surface area (Å²) in [6.07, 6.45) is 3.22. The van der Waals surface area contributed by atoms with Crippen LogP contribution in [0, 0.1) is 0 Å². The zero-order valence-electron chi connectivity index (χ0n) is 14.7. The van der Waals surface area contributed by atoms with Crippen LogP contribution in [0.2, 0.25) is 0 Å². The Labute approximate surface area is 151 Å². The number of nitrogens with one attached hydrogen (secondary N) is 1. The molecule has 0 spiro atoms. The van der Waals surface area contributed by atoms with E-state index in [1.165, 1.54) is 0 Å². The van der Waals surface area contributed by atoms with Gasteiger partial charge in [0.15, 0.2) is 0 Å². The number of piperidine rings is 1. The molecular weight excluding hydrogens is 335 g/mol. The van der Waals surface area contributed by atoms with Gasteiger partial charge < -0.3 is 14.7 Å². The van der Waals surface area contributed by atoms with Gasteiger partial charge in [0, 0.05) is 37.2 Å². The number of alkyl halides is 1.